The zero-order valence-electron chi connectivity index (χ0n) is 13.1. The normalized spacial score (nSPS) is 29.8. The van der Waals surface area contributed by atoms with Gasteiger partial charge < -0.3 is 0 Å². The minimum absolute atomic E-state index is 1.19. The summed E-state index contributed by atoms with van der Waals surface area (Å²) in [6.07, 6.45) is 0. The van der Waals surface area contributed by atoms with E-state index >= 15 is 0 Å². The summed E-state index contributed by atoms with van der Waals surface area (Å²) in [5.74, 6) is 0. The molecule has 0 aromatic carbocycles. The topological polar surface area (TPSA) is 13.0 Å². The fourth-order valence-corrected chi connectivity index (χ4v) is 2.23. The third kappa shape index (κ3) is 7.86. The molecule has 0 unspecified atom stereocenters. The van der Waals surface area contributed by atoms with E-state index in [1.54, 1.807) is 0 Å². The molecule has 20 heavy (non-hydrogen) atoms. The second kappa shape index (κ2) is 17.5. The van der Waals surface area contributed by atoms with E-state index in [0.29, 0.717) is 0 Å². The molecule has 4 fully saturated rings. The molecule has 0 N–H and O–H groups in total. The molecule has 0 aromatic rings. The zero-order chi connectivity index (χ0) is 16.6. The Hall–Kier alpha value is -1.46. The summed E-state index contributed by atoms with van der Waals surface area (Å²) in [5.41, 5.74) is 0. The van der Waals surface area contributed by atoms with Crippen LogP contribution in [0.3, 0.4) is 0 Å². The lowest BCUT2D eigenvalue weighted by molar-refractivity contribution is -0.194. The highest BCUT2D eigenvalue weighted by molar-refractivity contribution is 4.79. The molecule has 4 nitrogen and oxygen atoms in total. The van der Waals surface area contributed by atoms with Crippen molar-refractivity contribution in [3.8, 4) is 0 Å². The van der Waals surface area contributed by atoms with E-state index in [9.17, 15) is 0 Å². The fraction of sp³-hybridized carbons (Fsp3) is 0.375. The van der Waals surface area contributed by atoms with E-state index in [2.05, 4.69) is 85.4 Å². The number of rotatable bonds is 0. The maximum absolute atomic E-state index is 3.00. The van der Waals surface area contributed by atoms with Gasteiger partial charge in [0.25, 0.3) is 0 Å². The predicted octanol–water partition coefficient (Wildman–Crippen LogP) is 2.99. The summed E-state index contributed by atoms with van der Waals surface area (Å²) in [6.45, 7) is 37.1. The third-order valence-electron chi connectivity index (χ3n) is 2.40. The fourth-order valence-electron chi connectivity index (χ4n) is 2.23. The zero-order valence-corrected chi connectivity index (χ0v) is 13.1. The van der Waals surface area contributed by atoms with Crippen molar-refractivity contribution in [1.82, 2.24) is 19.6 Å². The first-order valence-corrected chi connectivity index (χ1v) is 6.29. The molecule has 4 aliphatic rings. The lowest BCUT2D eigenvalue weighted by Gasteiger charge is -2.56. The summed E-state index contributed by atoms with van der Waals surface area (Å²) in [7, 11) is 0. The Kier molecular flexibility index (Phi) is 20.7. The van der Waals surface area contributed by atoms with Crippen LogP contribution in [0.4, 0.5) is 0 Å². The van der Waals surface area contributed by atoms with Gasteiger partial charge in [-0.3, -0.25) is 19.6 Å². The quantitative estimate of drug-likeness (QED) is 0.632. The first-order chi connectivity index (χ1) is 9.90. The van der Waals surface area contributed by atoms with E-state index in [4.69, 9.17) is 0 Å². The van der Waals surface area contributed by atoms with Crippen LogP contribution in [0.15, 0.2) is 65.8 Å². The van der Waals surface area contributed by atoms with Crippen LogP contribution in [0.1, 0.15) is 0 Å². The van der Waals surface area contributed by atoms with E-state index < -0.39 is 0 Å². The summed E-state index contributed by atoms with van der Waals surface area (Å²) in [4.78, 5) is 9.88. The van der Waals surface area contributed by atoms with E-state index in [-0.39, 0.29) is 0 Å². The summed E-state index contributed by atoms with van der Waals surface area (Å²) < 4.78 is 0. The van der Waals surface area contributed by atoms with Crippen molar-refractivity contribution in [3.05, 3.63) is 65.8 Å². The van der Waals surface area contributed by atoms with Crippen molar-refractivity contribution in [2.45, 2.75) is 0 Å². The molecule has 116 valence electrons. The van der Waals surface area contributed by atoms with E-state index in [0.717, 1.165) is 0 Å². The Balaban J connectivity index is -0.000000251. The van der Waals surface area contributed by atoms with Gasteiger partial charge in [-0.25, -0.2) is 0 Å². The molecule has 0 amide bonds. The Morgan fingerprint density at radius 3 is 0.500 bits per heavy atom. The van der Waals surface area contributed by atoms with Crippen LogP contribution in [0.2, 0.25) is 0 Å². The molecule has 4 heterocycles. The van der Waals surface area contributed by atoms with Crippen LogP contribution in [0.25, 0.3) is 0 Å². The molecule has 4 aliphatic heterocycles. The lowest BCUT2D eigenvalue weighted by Crippen LogP contribution is -2.71. The van der Waals surface area contributed by atoms with Crippen molar-refractivity contribution in [2.75, 3.05) is 40.0 Å². The van der Waals surface area contributed by atoms with E-state index in [1.807, 2.05) is 0 Å². The molecule has 4 rings (SSSR count). The smallest absolute Gasteiger partial charge is 0.0555 e. The molecule has 0 aromatic heterocycles. The molecule has 4 bridgehead atoms. The molecule has 0 atom stereocenters. The molecular formula is C16H32N4. The van der Waals surface area contributed by atoms with Gasteiger partial charge in [-0.2, -0.15) is 0 Å². The number of hydrogen-bond donors (Lipinski definition) is 0. The summed E-state index contributed by atoms with van der Waals surface area (Å²) in [5, 5.41) is 0. The average molecular weight is 280 g/mol. The van der Waals surface area contributed by atoms with Gasteiger partial charge in [0.05, 0.1) is 40.0 Å². The molecule has 0 saturated carbocycles. The van der Waals surface area contributed by atoms with Crippen LogP contribution < -0.4 is 0 Å². The summed E-state index contributed by atoms with van der Waals surface area (Å²) in [6, 6.07) is 0. The minimum atomic E-state index is 1.19. The van der Waals surface area contributed by atoms with Gasteiger partial charge in [-0.1, -0.05) is 0 Å². The Morgan fingerprint density at radius 2 is 0.400 bits per heavy atom. The standard InChI is InChI=1S/C6H12N4.5C2H4/c1-7-2-9-4-8(1)5-10(3-7)6-9;5*1-2/h1-6H2;5*1-2H2. The minimum Gasteiger partial charge on any atom is -0.264 e. The molecule has 4 saturated heterocycles. The third-order valence-corrected chi connectivity index (χ3v) is 2.40. The van der Waals surface area contributed by atoms with Crippen molar-refractivity contribution in [1.29, 1.82) is 0 Å². The number of hydrogen-bond acceptors (Lipinski definition) is 4. The van der Waals surface area contributed by atoms with Crippen LogP contribution >= 0.6 is 0 Å². The molecule has 0 spiro atoms. The van der Waals surface area contributed by atoms with Gasteiger partial charge in [0.2, 0.25) is 0 Å². The largest absolute Gasteiger partial charge is 0.264 e. The lowest BCUT2D eigenvalue weighted by atomic mass is 10.4. The van der Waals surface area contributed by atoms with E-state index in [1.165, 1.54) is 40.0 Å². The average Bonchev–Trinajstić information content (AvgIpc) is 2.56. The summed E-state index contributed by atoms with van der Waals surface area (Å²) >= 11 is 0. The predicted molar refractivity (Wildman–Crippen MR) is 92.8 cm³/mol. The molecule has 0 radical (unpaired) electrons. The second-order valence-corrected chi connectivity index (χ2v) is 3.53. The highest BCUT2D eigenvalue weighted by Gasteiger charge is 2.36. The van der Waals surface area contributed by atoms with Crippen LogP contribution in [0, 0.1) is 0 Å². The van der Waals surface area contributed by atoms with Gasteiger partial charge in [0.1, 0.15) is 0 Å². The molecule has 4 heteroatoms. The van der Waals surface area contributed by atoms with Gasteiger partial charge in [0, 0.05) is 0 Å². The maximum Gasteiger partial charge on any atom is 0.0555 e. The molecule has 0 aliphatic carbocycles. The van der Waals surface area contributed by atoms with Crippen molar-refractivity contribution < 1.29 is 0 Å². The van der Waals surface area contributed by atoms with Gasteiger partial charge in [-0.05, 0) is 0 Å². The SMILES string of the molecule is C1N2CN3CN1CN(C2)C3.C=C.C=C.C=C.C=C.C=C. The van der Waals surface area contributed by atoms with Crippen LogP contribution in [-0.2, 0) is 0 Å². The molecular weight excluding hydrogens is 248 g/mol. The van der Waals surface area contributed by atoms with Gasteiger partial charge in [-0.15, -0.1) is 65.8 Å². The Labute approximate surface area is 126 Å². The second-order valence-electron chi connectivity index (χ2n) is 3.53. The Bertz CT molecular complexity index is 152. The maximum atomic E-state index is 3.00. The Morgan fingerprint density at radius 1 is 0.300 bits per heavy atom. The first kappa shape index (κ1) is 23.6. The van der Waals surface area contributed by atoms with Crippen LogP contribution in [-0.4, -0.2) is 59.6 Å². The highest BCUT2D eigenvalue weighted by atomic mass is 15.7. The van der Waals surface area contributed by atoms with Gasteiger partial charge in [0.15, 0.2) is 0 Å². The monoisotopic (exact) mass is 280 g/mol. The number of nitrogens with zero attached hydrogens (tertiary/aromatic N) is 4. The van der Waals surface area contributed by atoms with Crippen molar-refractivity contribution >= 4 is 0 Å². The van der Waals surface area contributed by atoms with Crippen molar-refractivity contribution in [2.24, 2.45) is 0 Å². The first-order valence-electron chi connectivity index (χ1n) is 6.29. The highest BCUT2D eigenvalue weighted by Crippen LogP contribution is 2.20. The van der Waals surface area contributed by atoms with Gasteiger partial charge >= 0.3 is 0 Å². The van der Waals surface area contributed by atoms with Crippen molar-refractivity contribution in [3.63, 3.8) is 0 Å². The van der Waals surface area contributed by atoms with Crippen LogP contribution in [0.5, 0.6) is 0 Å².